The van der Waals surface area contributed by atoms with Crippen molar-refractivity contribution >= 4 is 35.8 Å². The lowest BCUT2D eigenvalue weighted by molar-refractivity contribution is -0.122. The summed E-state index contributed by atoms with van der Waals surface area (Å²) in [4.78, 5) is 18.6. The number of carbonyl (C=O) groups is 1. The SMILES string of the molecule is CCNC(=NCCNC(=O)C1CC1)N1CCc2ccccc2C1.I. The van der Waals surface area contributed by atoms with Crippen LogP contribution in [0.4, 0.5) is 0 Å². The van der Waals surface area contributed by atoms with Gasteiger partial charge in [0.15, 0.2) is 5.96 Å². The molecule has 5 nitrogen and oxygen atoms in total. The molecule has 1 aliphatic heterocycles. The molecule has 1 saturated carbocycles. The molecular weight excluding hydrogens is 415 g/mol. The predicted octanol–water partition coefficient (Wildman–Crippen LogP) is 2.15. The van der Waals surface area contributed by atoms with Crippen LogP contribution in [0.15, 0.2) is 29.3 Å². The third-order valence-electron chi connectivity index (χ3n) is 4.39. The van der Waals surface area contributed by atoms with Gasteiger partial charge in [-0.2, -0.15) is 0 Å². The number of fused-ring (bicyclic) bond motifs is 1. The number of guanidine groups is 1. The van der Waals surface area contributed by atoms with Crippen molar-refractivity contribution < 1.29 is 4.79 Å². The van der Waals surface area contributed by atoms with E-state index in [2.05, 4.69) is 51.7 Å². The lowest BCUT2D eigenvalue weighted by Crippen LogP contribution is -2.44. The summed E-state index contributed by atoms with van der Waals surface area (Å²) in [5.41, 5.74) is 2.82. The van der Waals surface area contributed by atoms with Gasteiger partial charge in [0.1, 0.15) is 0 Å². The molecule has 0 spiro atoms. The predicted molar refractivity (Wildman–Crippen MR) is 108 cm³/mol. The average Bonchev–Trinajstić information content (AvgIpc) is 3.42. The van der Waals surface area contributed by atoms with Crippen LogP contribution >= 0.6 is 24.0 Å². The molecule has 0 aromatic heterocycles. The van der Waals surface area contributed by atoms with Crippen molar-refractivity contribution in [1.29, 1.82) is 0 Å². The van der Waals surface area contributed by atoms with Crippen LogP contribution in [0, 0.1) is 5.92 Å². The molecule has 0 unspecified atom stereocenters. The summed E-state index contributed by atoms with van der Waals surface area (Å²) in [6.45, 7) is 6.06. The van der Waals surface area contributed by atoms with Gasteiger partial charge in [0.2, 0.25) is 5.91 Å². The van der Waals surface area contributed by atoms with Crippen LogP contribution < -0.4 is 10.6 Å². The molecule has 132 valence electrons. The topological polar surface area (TPSA) is 56.7 Å². The zero-order valence-corrected chi connectivity index (χ0v) is 16.6. The van der Waals surface area contributed by atoms with Crippen molar-refractivity contribution in [3.8, 4) is 0 Å². The number of amides is 1. The van der Waals surface area contributed by atoms with Crippen molar-refractivity contribution in [2.45, 2.75) is 32.7 Å². The van der Waals surface area contributed by atoms with E-state index in [9.17, 15) is 4.79 Å². The second kappa shape index (κ2) is 9.25. The molecule has 6 heteroatoms. The van der Waals surface area contributed by atoms with Gasteiger partial charge in [-0.05, 0) is 37.3 Å². The van der Waals surface area contributed by atoms with E-state index in [0.29, 0.717) is 13.1 Å². The van der Waals surface area contributed by atoms with Gasteiger partial charge >= 0.3 is 0 Å². The fourth-order valence-electron chi connectivity index (χ4n) is 2.93. The molecule has 1 fully saturated rings. The number of hydrogen-bond acceptors (Lipinski definition) is 2. The van der Waals surface area contributed by atoms with Crippen LogP contribution in [-0.4, -0.2) is 42.9 Å². The van der Waals surface area contributed by atoms with E-state index in [1.807, 2.05) is 0 Å². The average molecular weight is 442 g/mol. The largest absolute Gasteiger partial charge is 0.357 e. The Bertz CT molecular complexity index is 586. The molecule has 1 amide bonds. The highest BCUT2D eigenvalue weighted by Crippen LogP contribution is 2.28. The highest BCUT2D eigenvalue weighted by molar-refractivity contribution is 14.0. The van der Waals surface area contributed by atoms with Crippen molar-refractivity contribution in [2.75, 3.05) is 26.2 Å². The minimum Gasteiger partial charge on any atom is -0.357 e. The minimum atomic E-state index is 0. The summed E-state index contributed by atoms with van der Waals surface area (Å²) in [6.07, 6.45) is 3.15. The van der Waals surface area contributed by atoms with E-state index >= 15 is 0 Å². The molecule has 1 aromatic carbocycles. The highest BCUT2D eigenvalue weighted by Gasteiger charge is 2.29. The molecule has 1 aliphatic carbocycles. The van der Waals surface area contributed by atoms with Crippen molar-refractivity contribution in [3.63, 3.8) is 0 Å². The second-order valence-corrected chi connectivity index (χ2v) is 6.24. The van der Waals surface area contributed by atoms with Crippen molar-refractivity contribution in [1.82, 2.24) is 15.5 Å². The van der Waals surface area contributed by atoms with Crippen molar-refractivity contribution in [2.24, 2.45) is 10.9 Å². The molecule has 1 aromatic rings. The van der Waals surface area contributed by atoms with Gasteiger partial charge in [-0.3, -0.25) is 9.79 Å². The Labute approximate surface area is 161 Å². The monoisotopic (exact) mass is 442 g/mol. The number of hydrogen-bond donors (Lipinski definition) is 2. The number of halogens is 1. The Kier molecular flexibility index (Phi) is 7.33. The van der Waals surface area contributed by atoms with Crippen LogP contribution in [-0.2, 0) is 17.8 Å². The first-order chi connectivity index (χ1) is 11.3. The molecule has 24 heavy (non-hydrogen) atoms. The zero-order chi connectivity index (χ0) is 16.1. The number of nitrogens with one attached hydrogen (secondary N) is 2. The van der Waals surface area contributed by atoms with Gasteiger partial charge < -0.3 is 15.5 Å². The Morgan fingerprint density at radius 2 is 2.00 bits per heavy atom. The zero-order valence-electron chi connectivity index (χ0n) is 14.3. The minimum absolute atomic E-state index is 0. The molecule has 0 saturated heterocycles. The Morgan fingerprint density at radius 1 is 1.25 bits per heavy atom. The fourth-order valence-corrected chi connectivity index (χ4v) is 2.93. The molecule has 2 aliphatic rings. The van der Waals surface area contributed by atoms with Gasteiger partial charge in [-0.1, -0.05) is 24.3 Å². The standard InChI is InChI=1S/C18H26N4O.HI/c1-2-19-18(21-11-10-20-17(23)15-7-8-15)22-12-9-14-5-3-4-6-16(14)13-22;/h3-6,15H,2,7-13H2,1H3,(H,19,21)(H,20,23);1H. The van der Waals surface area contributed by atoms with Crippen LogP contribution in [0.1, 0.15) is 30.9 Å². The van der Waals surface area contributed by atoms with Crippen LogP contribution in [0.2, 0.25) is 0 Å². The van der Waals surface area contributed by atoms with Gasteiger partial charge in [-0.15, -0.1) is 24.0 Å². The number of rotatable bonds is 5. The highest BCUT2D eigenvalue weighted by atomic mass is 127. The molecule has 1 heterocycles. The molecule has 3 rings (SSSR count). The smallest absolute Gasteiger partial charge is 0.223 e. The molecular formula is C18H27IN4O. The Balaban J connectivity index is 0.00000208. The quantitative estimate of drug-likeness (QED) is 0.318. The van der Waals surface area contributed by atoms with Crippen LogP contribution in [0.3, 0.4) is 0 Å². The normalized spacial score (nSPS) is 16.9. The van der Waals surface area contributed by atoms with E-state index in [1.165, 1.54) is 11.1 Å². The lowest BCUT2D eigenvalue weighted by Gasteiger charge is -2.31. The Morgan fingerprint density at radius 3 is 2.71 bits per heavy atom. The summed E-state index contributed by atoms with van der Waals surface area (Å²) in [5.74, 6) is 1.41. The summed E-state index contributed by atoms with van der Waals surface area (Å²) in [6, 6.07) is 8.61. The maximum Gasteiger partial charge on any atom is 0.223 e. The van der Waals surface area contributed by atoms with E-state index in [4.69, 9.17) is 0 Å². The fraction of sp³-hybridized carbons (Fsp3) is 0.556. The Hall–Kier alpha value is -1.31. The van der Waals surface area contributed by atoms with Gasteiger partial charge in [0.25, 0.3) is 0 Å². The van der Waals surface area contributed by atoms with Gasteiger partial charge in [0.05, 0.1) is 6.54 Å². The third kappa shape index (κ3) is 5.09. The lowest BCUT2D eigenvalue weighted by atomic mass is 10.0. The molecule has 2 N–H and O–H groups in total. The van der Waals surface area contributed by atoms with Crippen LogP contribution in [0.5, 0.6) is 0 Å². The summed E-state index contributed by atoms with van der Waals surface area (Å²) in [5, 5.41) is 6.34. The second-order valence-electron chi connectivity index (χ2n) is 6.24. The molecule has 0 bridgehead atoms. The van der Waals surface area contributed by atoms with E-state index in [0.717, 1.165) is 44.9 Å². The third-order valence-corrected chi connectivity index (χ3v) is 4.39. The van der Waals surface area contributed by atoms with E-state index < -0.39 is 0 Å². The first-order valence-corrected chi connectivity index (χ1v) is 8.65. The molecule has 0 radical (unpaired) electrons. The maximum absolute atomic E-state index is 11.6. The summed E-state index contributed by atoms with van der Waals surface area (Å²) in [7, 11) is 0. The van der Waals surface area contributed by atoms with Gasteiger partial charge in [-0.25, -0.2) is 0 Å². The number of nitrogens with zero attached hydrogens (tertiary/aromatic N) is 2. The summed E-state index contributed by atoms with van der Waals surface area (Å²) < 4.78 is 0. The first-order valence-electron chi connectivity index (χ1n) is 8.65. The number of benzene rings is 1. The number of carbonyl (C=O) groups excluding carboxylic acids is 1. The van der Waals surface area contributed by atoms with E-state index in [1.54, 1.807) is 0 Å². The first kappa shape index (κ1) is 19.0. The van der Waals surface area contributed by atoms with E-state index in [-0.39, 0.29) is 35.8 Å². The summed E-state index contributed by atoms with van der Waals surface area (Å²) >= 11 is 0. The maximum atomic E-state index is 11.6. The van der Waals surface area contributed by atoms with Gasteiger partial charge in [0, 0.05) is 32.1 Å². The van der Waals surface area contributed by atoms with Crippen LogP contribution in [0.25, 0.3) is 0 Å². The van der Waals surface area contributed by atoms with Crippen molar-refractivity contribution in [3.05, 3.63) is 35.4 Å². The number of aliphatic imine (C=N–C) groups is 1. The molecule has 0 atom stereocenters.